The van der Waals surface area contributed by atoms with Crippen molar-refractivity contribution in [3.05, 3.63) is 23.3 Å². The molecule has 1 rings (SSSR count). The lowest BCUT2D eigenvalue weighted by Gasteiger charge is -2.34. The number of carbonyl (C=O) groups excluding carboxylic acids is 2. The molecule has 0 saturated carbocycles. The van der Waals surface area contributed by atoms with Crippen molar-refractivity contribution in [2.75, 3.05) is 0 Å². The van der Waals surface area contributed by atoms with E-state index in [1.807, 2.05) is 26.8 Å². The van der Waals surface area contributed by atoms with Crippen LogP contribution in [0.5, 0.6) is 0 Å². The van der Waals surface area contributed by atoms with E-state index in [0.29, 0.717) is 6.42 Å². The second kappa shape index (κ2) is 11.1. The summed E-state index contributed by atoms with van der Waals surface area (Å²) in [5.74, 6) is -1.40. The Labute approximate surface area is 176 Å². The molecular formula is C24H40O5. The lowest BCUT2D eigenvalue weighted by atomic mass is 9.73. The zero-order valence-corrected chi connectivity index (χ0v) is 19.2. The molecule has 0 fully saturated rings. The molecule has 166 valence electrons. The summed E-state index contributed by atoms with van der Waals surface area (Å²) < 4.78 is 5.64. The van der Waals surface area contributed by atoms with Crippen LogP contribution in [0.4, 0.5) is 0 Å². The molecule has 0 aromatic rings. The van der Waals surface area contributed by atoms with Gasteiger partial charge in [0.2, 0.25) is 0 Å². The highest BCUT2D eigenvalue weighted by atomic mass is 16.5. The molecular weight excluding hydrogens is 368 g/mol. The van der Waals surface area contributed by atoms with E-state index in [1.54, 1.807) is 20.8 Å². The molecule has 0 aliphatic carbocycles. The van der Waals surface area contributed by atoms with Gasteiger partial charge in [0.05, 0.1) is 24.0 Å². The third kappa shape index (κ3) is 7.07. The highest BCUT2D eigenvalue weighted by Crippen LogP contribution is 2.32. The fraction of sp³-hybridized carbons (Fsp3) is 0.750. The van der Waals surface area contributed by atoms with E-state index in [0.717, 1.165) is 24.8 Å². The van der Waals surface area contributed by atoms with Crippen LogP contribution >= 0.6 is 0 Å². The summed E-state index contributed by atoms with van der Waals surface area (Å²) in [5, 5.41) is 21.3. The molecule has 1 aliphatic heterocycles. The molecule has 5 unspecified atom stereocenters. The average Bonchev–Trinajstić information content (AvgIpc) is 2.67. The number of aliphatic hydroxyl groups excluding tert-OH is 2. The third-order valence-corrected chi connectivity index (χ3v) is 6.48. The van der Waals surface area contributed by atoms with Crippen molar-refractivity contribution in [2.45, 2.75) is 98.9 Å². The maximum Gasteiger partial charge on any atom is 0.309 e. The SMILES string of the molecule is C/C=C(\C)C1C/C=C(/C)CCCC(C)C(O)C(C)C(=O)C(C)(C)C(O)CC(=O)O1. The zero-order valence-electron chi connectivity index (χ0n) is 19.2. The second-order valence-electron chi connectivity index (χ2n) is 9.25. The van der Waals surface area contributed by atoms with Crippen LogP contribution in [-0.2, 0) is 14.3 Å². The van der Waals surface area contributed by atoms with Gasteiger partial charge in [-0.2, -0.15) is 0 Å². The molecule has 5 heteroatoms. The monoisotopic (exact) mass is 408 g/mol. The van der Waals surface area contributed by atoms with Crippen molar-refractivity contribution in [1.29, 1.82) is 0 Å². The van der Waals surface area contributed by atoms with E-state index < -0.39 is 29.5 Å². The van der Waals surface area contributed by atoms with Crippen molar-refractivity contribution >= 4 is 11.8 Å². The number of hydrogen-bond donors (Lipinski definition) is 2. The first-order chi connectivity index (χ1) is 13.4. The molecule has 29 heavy (non-hydrogen) atoms. The number of ketones is 1. The van der Waals surface area contributed by atoms with Crippen molar-refractivity contribution in [3.8, 4) is 0 Å². The van der Waals surface area contributed by atoms with Gasteiger partial charge >= 0.3 is 5.97 Å². The predicted molar refractivity (Wildman–Crippen MR) is 115 cm³/mol. The molecule has 2 N–H and O–H groups in total. The number of Topliss-reactive ketones (excluding diaryl/α,β-unsaturated/α-hetero) is 1. The van der Waals surface area contributed by atoms with Gasteiger partial charge in [-0.15, -0.1) is 0 Å². The highest BCUT2D eigenvalue weighted by Gasteiger charge is 2.42. The first-order valence-electron chi connectivity index (χ1n) is 10.8. The standard InChI is InChI=1S/C24H40O5/c1-8-16(3)19-13-12-15(2)10-9-11-17(4)22(27)18(5)23(28)24(6,7)20(25)14-21(26)29-19/h8,12,17-20,22,25,27H,9-11,13-14H2,1-7H3/b15-12-,16-8+. The summed E-state index contributed by atoms with van der Waals surface area (Å²) in [6, 6.07) is 0. The highest BCUT2D eigenvalue weighted by molar-refractivity contribution is 5.88. The summed E-state index contributed by atoms with van der Waals surface area (Å²) in [5.41, 5.74) is 1.02. The van der Waals surface area contributed by atoms with Gasteiger partial charge in [-0.05, 0) is 51.5 Å². The first-order valence-corrected chi connectivity index (χ1v) is 10.8. The molecule has 0 aromatic carbocycles. The smallest absolute Gasteiger partial charge is 0.309 e. The maximum absolute atomic E-state index is 13.0. The third-order valence-electron chi connectivity index (χ3n) is 6.48. The Hall–Kier alpha value is -1.46. The number of rotatable bonds is 1. The van der Waals surface area contributed by atoms with E-state index in [2.05, 4.69) is 13.0 Å². The Bertz CT molecular complexity index is 631. The van der Waals surface area contributed by atoms with Crippen LogP contribution in [0.2, 0.25) is 0 Å². The van der Waals surface area contributed by atoms with Crippen molar-refractivity contribution in [3.63, 3.8) is 0 Å². The molecule has 1 heterocycles. The summed E-state index contributed by atoms with van der Waals surface area (Å²) >= 11 is 0. The quantitative estimate of drug-likeness (QED) is 0.497. The molecule has 0 amide bonds. The van der Waals surface area contributed by atoms with Crippen LogP contribution in [0.3, 0.4) is 0 Å². The van der Waals surface area contributed by atoms with Crippen molar-refractivity contribution < 1.29 is 24.5 Å². The van der Waals surface area contributed by atoms with Crippen LogP contribution in [0, 0.1) is 17.3 Å². The largest absolute Gasteiger partial charge is 0.457 e. The fourth-order valence-corrected chi connectivity index (χ4v) is 3.82. The normalized spacial score (nSPS) is 35.6. The molecule has 5 nitrogen and oxygen atoms in total. The Morgan fingerprint density at radius 3 is 2.45 bits per heavy atom. The molecule has 5 atom stereocenters. The summed E-state index contributed by atoms with van der Waals surface area (Å²) in [7, 11) is 0. The van der Waals surface area contributed by atoms with Gasteiger partial charge in [-0.25, -0.2) is 0 Å². The van der Waals surface area contributed by atoms with Crippen LogP contribution in [-0.4, -0.2) is 40.3 Å². The lowest BCUT2D eigenvalue weighted by molar-refractivity contribution is -0.154. The summed E-state index contributed by atoms with van der Waals surface area (Å²) in [6.45, 7) is 12.8. The Kier molecular flexibility index (Phi) is 9.77. The number of ether oxygens (including phenoxy) is 1. The number of carbonyl (C=O) groups is 2. The van der Waals surface area contributed by atoms with Crippen LogP contribution < -0.4 is 0 Å². The Morgan fingerprint density at radius 1 is 1.24 bits per heavy atom. The van der Waals surface area contributed by atoms with Gasteiger partial charge in [0.1, 0.15) is 11.9 Å². The molecule has 0 spiro atoms. The minimum atomic E-state index is -1.18. The summed E-state index contributed by atoms with van der Waals surface area (Å²) in [6.07, 6.45) is 4.66. The van der Waals surface area contributed by atoms with Gasteiger partial charge in [-0.1, -0.05) is 45.4 Å². The zero-order chi connectivity index (χ0) is 22.4. The van der Waals surface area contributed by atoms with E-state index in [9.17, 15) is 19.8 Å². The van der Waals surface area contributed by atoms with Crippen molar-refractivity contribution in [2.24, 2.45) is 17.3 Å². The first kappa shape index (κ1) is 25.6. The number of allylic oxidation sites excluding steroid dienone is 2. The minimum absolute atomic E-state index is 0.0226. The van der Waals surface area contributed by atoms with E-state index in [4.69, 9.17) is 4.74 Å². The van der Waals surface area contributed by atoms with Gasteiger partial charge in [0.25, 0.3) is 0 Å². The number of aliphatic hydroxyl groups is 2. The van der Waals surface area contributed by atoms with E-state index in [-0.39, 0.29) is 24.2 Å². The van der Waals surface area contributed by atoms with Gasteiger partial charge < -0.3 is 14.9 Å². The van der Waals surface area contributed by atoms with Gasteiger partial charge in [-0.3, -0.25) is 9.59 Å². The number of hydrogen-bond acceptors (Lipinski definition) is 5. The van der Waals surface area contributed by atoms with E-state index >= 15 is 0 Å². The molecule has 0 radical (unpaired) electrons. The molecule has 0 aromatic heterocycles. The van der Waals surface area contributed by atoms with Crippen LogP contribution in [0.25, 0.3) is 0 Å². The molecule has 0 saturated heterocycles. The van der Waals surface area contributed by atoms with Crippen LogP contribution in [0.1, 0.15) is 80.6 Å². The predicted octanol–water partition coefficient (Wildman–Crippen LogP) is 4.36. The van der Waals surface area contributed by atoms with Gasteiger partial charge in [0.15, 0.2) is 0 Å². The summed E-state index contributed by atoms with van der Waals surface area (Å²) in [4.78, 5) is 25.5. The lowest BCUT2D eigenvalue weighted by Crippen LogP contribution is -2.45. The average molecular weight is 409 g/mol. The Morgan fingerprint density at radius 2 is 1.86 bits per heavy atom. The van der Waals surface area contributed by atoms with Gasteiger partial charge in [0, 0.05) is 12.3 Å². The maximum atomic E-state index is 13.0. The molecule has 1 aliphatic rings. The second-order valence-corrected chi connectivity index (χ2v) is 9.25. The van der Waals surface area contributed by atoms with Crippen LogP contribution in [0.15, 0.2) is 23.3 Å². The minimum Gasteiger partial charge on any atom is -0.457 e. The Balaban J connectivity index is 3.17. The van der Waals surface area contributed by atoms with Crippen molar-refractivity contribution in [1.82, 2.24) is 0 Å². The number of esters is 1. The van der Waals surface area contributed by atoms with E-state index in [1.165, 1.54) is 5.57 Å². The fourth-order valence-electron chi connectivity index (χ4n) is 3.82. The topological polar surface area (TPSA) is 83.8 Å². The molecule has 0 bridgehead atoms. The number of cyclic esters (lactones) is 1.